The van der Waals surface area contributed by atoms with Crippen LogP contribution in [0, 0.1) is 6.92 Å². The Bertz CT molecular complexity index is 434. The highest BCUT2D eigenvalue weighted by atomic mass is 35.5. The molecule has 0 radical (unpaired) electrons. The molecule has 0 aliphatic carbocycles. The molecule has 86 valence electrons. The molecule has 1 amide bonds. The maximum Gasteiger partial charge on any atom is 0.254 e. The number of benzene rings is 1. The Morgan fingerprint density at radius 1 is 1.56 bits per heavy atom. The number of hydrogen-bond donors (Lipinski definition) is 1. The van der Waals surface area contributed by atoms with Crippen molar-refractivity contribution in [3.05, 3.63) is 34.3 Å². The van der Waals surface area contributed by atoms with E-state index in [0.717, 1.165) is 5.56 Å². The number of hydrogen-bond acceptors (Lipinski definition) is 2. The zero-order valence-electron chi connectivity index (χ0n) is 9.16. The van der Waals surface area contributed by atoms with Crippen LogP contribution in [-0.2, 0) is 0 Å². The Labute approximate surface area is 105 Å². The first-order chi connectivity index (χ1) is 7.41. The number of carbonyl (C=O) groups excluding carboxylic acids is 1. The minimum absolute atomic E-state index is 0.109. The number of nitrogens with zero attached hydrogens (tertiary/aromatic N) is 1. The van der Waals surface area contributed by atoms with Crippen molar-refractivity contribution >= 4 is 34.7 Å². The van der Waals surface area contributed by atoms with E-state index in [1.807, 2.05) is 6.92 Å². The van der Waals surface area contributed by atoms with E-state index in [1.165, 1.54) is 4.90 Å². The molecule has 0 aromatic heterocycles. The molecule has 0 fully saturated rings. The summed E-state index contributed by atoms with van der Waals surface area (Å²) in [6, 6.07) is 5.15. The third-order valence-electron chi connectivity index (χ3n) is 2.16. The summed E-state index contributed by atoms with van der Waals surface area (Å²) in [5.74, 6) is -0.109. The Balaban J connectivity index is 2.92. The molecule has 0 saturated carbocycles. The summed E-state index contributed by atoms with van der Waals surface area (Å²) >= 11 is 10.6. The number of aryl methyl sites for hydroxylation is 1. The molecule has 3 nitrogen and oxygen atoms in total. The van der Waals surface area contributed by atoms with Gasteiger partial charge in [-0.2, -0.15) is 0 Å². The molecule has 1 aromatic carbocycles. The van der Waals surface area contributed by atoms with Crippen molar-refractivity contribution in [3.63, 3.8) is 0 Å². The van der Waals surface area contributed by atoms with Crippen molar-refractivity contribution in [3.8, 4) is 0 Å². The molecule has 0 heterocycles. The lowest BCUT2D eigenvalue weighted by Gasteiger charge is -2.17. The van der Waals surface area contributed by atoms with Gasteiger partial charge in [0.25, 0.3) is 5.91 Å². The molecule has 0 aliphatic heterocycles. The zero-order valence-corrected chi connectivity index (χ0v) is 10.7. The van der Waals surface area contributed by atoms with Crippen molar-refractivity contribution in [2.24, 2.45) is 5.73 Å². The lowest BCUT2D eigenvalue weighted by Crippen LogP contribution is -2.34. The maximum atomic E-state index is 12.0. The van der Waals surface area contributed by atoms with E-state index in [2.05, 4.69) is 0 Å². The number of rotatable bonds is 3. The second-order valence-electron chi connectivity index (χ2n) is 3.59. The molecule has 1 aromatic rings. The number of thiocarbonyl (C=S) groups is 1. The van der Waals surface area contributed by atoms with Crippen molar-refractivity contribution in [2.75, 3.05) is 13.6 Å². The summed E-state index contributed by atoms with van der Waals surface area (Å²) in [5.41, 5.74) is 6.84. The lowest BCUT2D eigenvalue weighted by molar-refractivity contribution is 0.0814. The van der Waals surface area contributed by atoms with E-state index in [9.17, 15) is 4.79 Å². The van der Waals surface area contributed by atoms with Crippen LogP contribution >= 0.6 is 23.8 Å². The Kier molecular flexibility index (Phi) is 4.26. The second kappa shape index (κ2) is 5.27. The summed E-state index contributed by atoms with van der Waals surface area (Å²) in [4.78, 5) is 13.8. The van der Waals surface area contributed by atoms with E-state index >= 15 is 0 Å². The Morgan fingerprint density at radius 2 is 2.19 bits per heavy atom. The van der Waals surface area contributed by atoms with Crippen LogP contribution in [0.25, 0.3) is 0 Å². The van der Waals surface area contributed by atoms with Crippen LogP contribution in [0.4, 0.5) is 0 Å². The molecule has 0 unspecified atom stereocenters. The van der Waals surface area contributed by atoms with E-state index < -0.39 is 0 Å². The van der Waals surface area contributed by atoms with Gasteiger partial charge in [-0.05, 0) is 30.7 Å². The molecule has 16 heavy (non-hydrogen) atoms. The van der Waals surface area contributed by atoms with E-state index in [0.29, 0.717) is 15.6 Å². The molecule has 0 saturated heterocycles. The first kappa shape index (κ1) is 12.9. The molecule has 0 spiro atoms. The van der Waals surface area contributed by atoms with Gasteiger partial charge in [-0.15, -0.1) is 0 Å². The standard InChI is InChI=1S/C11H13ClN2OS/c1-7-5-8(12)3-4-9(7)11(15)14(2)6-10(13)16/h3-5H,6H2,1-2H3,(H2,13,16). The van der Waals surface area contributed by atoms with Crippen LogP contribution < -0.4 is 5.73 Å². The summed E-state index contributed by atoms with van der Waals surface area (Å²) in [6.07, 6.45) is 0. The fourth-order valence-corrected chi connectivity index (χ4v) is 1.80. The van der Waals surface area contributed by atoms with Crippen LogP contribution in [0.15, 0.2) is 18.2 Å². The molecule has 0 atom stereocenters. The van der Waals surface area contributed by atoms with Crippen LogP contribution in [0.2, 0.25) is 5.02 Å². The van der Waals surface area contributed by atoms with E-state index in [1.54, 1.807) is 25.2 Å². The van der Waals surface area contributed by atoms with E-state index in [-0.39, 0.29) is 12.5 Å². The lowest BCUT2D eigenvalue weighted by atomic mass is 10.1. The molecular weight excluding hydrogens is 244 g/mol. The van der Waals surface area contributed by atoms with Crippen molar-refractivity contribution in [1.82, 2.24) is 4.90 Å². The molecule has 0 bridgehead atoms. The predicted octanol–water partition coefficient (Wildman–Crippen LogP) is 2.01. The van der Waals surface area contributed by atoms with Gasteiger partial charge in [-0.25, -0.2) is 0 Å². The monoisotopic (exact) mass is 256 g/mol. The first-order valence-electron chi connectivity index (χ1n) is 4.71. The number of amides is 1. The van der Waals surface area contributed by atoms with Gasteiger partial charge in [0.15, 0.2) is 0 Å². The van der Waals surface area contributed by atoms with Crippen LogP contribution in [-0.4, -0.2) is 29.4 Å². The summed E-state index contributed by atoms with van der Waals surface area (Å²) in [5, 5.41) is 0.617. The van der Waals surface area contributed by atoms with Gasteiger partial charge in [-0.1, -0.05) is 23.8 Å². The quantitative estimate of drug-likeness (QED) is 0.842. The number of nitrogens with two attached hydrogens (primary N) is 1. The topological polar surface area (TPSA) is 46.3 Å². The average molecular weight is 257 g/mol. The molecule has 2 N–H and O–H groups in total. The van der Waals surface area contributed by atoms with Crippen LogP contribution in [0.3, 0.4) is 0 Å². The third-order valence-corrected chi connectivity index (χ3v) is 2.52. The van der Waals surface area contributed by atoms with Gasteiger partial charge in [0.2, 0.25) is 0 Å². The SMILES string of the molecule is Cc1cc(Cl)ccc1C(=O)N(C)CC(N)=S. The first-order valence-corrected chi connectivity index (χ1v) is 5.50. The average Bonchev–Trinajstić information content (AvgIpc) is 2.15. The van der Waals surface area contributed by atoms with Gasteiger partial charge in [0, 0.05) is 17.6 Å². The molecular formula is C11H13ClN2OS. The Hall–Kier alpha value is -1.13. The minimum atomic E-state index is -0.109. The number of halogens is 1. The molecule has 1 rings (SSSR count). The highest BCUT2D eigenvalue weighted by Gasteiger charge is 2.14. The molecule has 5 heteroatoms. The van der Waals surface area contributed by atoms with Crippen molar-refractivity contribution < 1.29 is 4.79 Å². The normalized spacial score (nSPS) is 9.94. The smallest absolute Gasteiger partial charge is 0.254 e. The van der Waals surface area contributed by atoms with Crippen LogP contribution in [0.5, 0.6) is 0 Å². The van der Waals surface area contributed by atoms with Crippen LogP contribution in [0.1, 0.15) is 15.9 Å². The van der Waals surface area contributed by atoms with Crippen molar-refractivity contribution in [1.29, 1.82) is 0 Å². The number of carbonyl (C=O) groups is 1. The zero-order chi connectivity index (χ0) is 12.3. The third kappa shape index (κ3) is 3.18. The summed E-state index contributed by atoms with van der Waals surface area (Å²) in [6.45, 7) is 2.12. The van der Waals surface area contributed by atoms with Gasteiger partial charge >= 0.3 is 0 Å². The highest BCUT2D eigenvalue weighted by molar-refractivity contribution is 7.80. The fourth-order valence-electron chi connectivity index (χ4n) is 1.38. The predicted molar refractivity (Wildman–Crippen MR) is 69.9 cm³/mol. The second-order valence-corrected chi connectivity index (χ2v) is 4.55. The summed E-state index contributed by atoms with van der Waals surface area (Å²) in [7, 11) is 1.66. The maximum absolute atomic E-state index is 12.0. The van der Waals surface area contributed by atoms with Gasteiger partial charge in [0.05, 0.1) is 11.5 Å². The Morgan fingerprint density at radius 3 is 2.69 bits per heavy atom. The van der Waals surface area contributed by atoms with Gasteiger partial charge in [-0.3, -0.25) is 4.79 Å². The van der Waals surface area contributed by atoms with Gasteiger partial charge < -0.3 is 10.6 Å². The van der Waals surface area contributed by atoms with Crippen molar-refractivity contribution in [2.45, 2.75) is 6.92 Å². The number of likely N-dealkylation sites (N-methyl/N-ethyl adjacent to an activating group) is 1. The summed E-state index contributed by atoms with van der Waals surface area (Å²) < 4.78 is 0. The largest absolute Gasteiger partial charge is 0.392 e. The highest BCUT2D eigenvalue weighted by Crippen LogP contribution is 2.16. The fraction of sp³-hybridized carbons (Fsp3) is 0.273. The van der Waals surface area contributed by atoms with E-state index in [4.69, 9.17) is 29.6 Å². The van der Waals surface area contributed by atoms with Gasteiger partial charge in [0.1, 0.15) is 0 Å². The molecule has 0 aliphatic rings. The minimum Gasteiger partial charge on any atom is -0.392 e.